The Balaban J connectivity index is 4.24. The highest BCUT2D eigenvalue weighted by Gasteiger charge is 2.22. The van der Waals surface area contributed by atoms with Crippen LogP contribution in [0, 0.1) is 5.92 Å². The highest BCUT2D eigenvalue weighted by Crippen LogP contribution is 2.00. The fraction of sp³-hybridized carbons (Fsp3) is 0.700. The molecule has 0 aliphatic rings. The Morgan fingerprint density at radius 3 is 2.13 bits per heavy atom. The van der Waals surface area contributed by atoms with E-state index >= 15 is 0 Å². The van der Waals surface area contributed by atoms with E-state index in [1.54, 1.807) is 13.8 Å². The minimum atomic E-state index is -0.741. The number of Topliss-reactive ketones (excluding diaryl/α,β-unsaturated/α-hetero) is 2. The number of hydrogen-bond acceptors (Lipinski definition) is 4. The minimum Gasteiger partial charge on any atom is -0.346 e. The lowest BCUT2D eigenvalue weighted by atomic mass is 10.1. The summed E-state index contributed by atoms with van der Waals surface area (Å²) >= 11 is 3.80. The Morgan fingerprint density at radius 1 is 1.20 bits per heavy atom. The number of nitrogens with one attached hydrogen (secondary N) is 1. The predicted molar refractivity (Wildman–Crippen MR) is 60.9 cm³/mol. The van der Waals surface area contributed by atoms with Gasteiger partial charge in [-0.05, 0) is 13.8 Å². The summed E-state index contributed by atoms with van der Waals surface area (Å²) in [5.74, 6) is -1.41. The molecule has 0 aromatic heterocycles. The van der Waals surface area contributed by atoms with Gasteiger partial charge in [0.25, 0.3) is 0 Å². The Morgan fingerprint density at radius 2 is 1.73 bits per heavy atom. The van der Waals surface area contributed by atoms with E-state index in [0.717, 1.165) is 0 Å². The number of thiol groups is 1. The molecule has 86 valence electrons. The zero-order valence-corrected chi connectivity index (χ0v) is 10.1. The molecule has 1 amide bonds. The van der Waals surface area contributed by atoms with Crippen molar-refractivity contribution in [1.29, 1.82) is 0 Å². The van der Waals surface area contributed by atoms with Gasteiger partial charge in [-0.15, -0.1) is 0 Å². The van der Waals surface area contributed by atoms with Crippen molar-refractivity contribution in [1.82, 2.24) is 5.32 Å². The van der Waals surface area contributed by atoms with Crippen LogP contribution in [0.4, 0.5) is 0 Å². The molecule has 0 saturated heterocycles. The van der Waals surface area contributed by atoms with E-state index in [0.29, 0.717) is 6.42 Å². The van der Waals surface area contributed by atoms with Crippen LogP contribution in [0.2, 0.25) is 0 Å². The van der Waals surface area contributed by atoms with Gasteiger partial charge in [0.15, 0.2) is 11.6 Å². The van der Waals surface area contributed by atoms with E-state index in [9.17, 15) is 14.4 Å². The molecule has 5 heteroatoms. The zero-order valence-electron chi connectivity index (χ0n) is 9.24. The van der Waals surface area contributed by atoms with Gasteiger partial charge in [-0.3, -0.25) is 14.4 Å². The lowest BCUT2D eigenvalue weighted by molar-refractivity contribution is -0.134. The molecule has 0 aromatic carbocycles. The molecular formula is C10H17NO3S. The summed E-state index contributed by atoms with van der Waals surface area (Å²) in [6.07, 6.45) is 0.371. The highest BCUT2D eigenvalue weighted by molar-refractivity contribution is 7.81. The lowest BCUT2D eigenvalue weighted by Crippen LogP contribution is -2.43. The normalized spacial score (nSPS) is 14.1. The fourth-order valence-corrected chi connectivity index (χ4v) is 1.28. The topological polar surface area (TPSA) is 63.2 Å². The summed E-state index contributed by atoms with van der Waals surface area (Å²) in [5, 5.41) is 2.50. The van der Waals surface area contributed by atoms with Crippen LogP contribution < -0.4 is 5.32 Å². The molecule has 0 aliphatic carbocycles. The Bertz CT molecular complexity index is 265. The van der Waals surface area contributed by atoms with Gasteiger partial charge in [-0.25, -0.2) is 0 Å². The second kappa shape index (κ2) is 6.61. The number of carbonyl (C=O) groups excluding carboxylic acids is 3. The van der Waals surface area contributed by atoms with Gasteiger partial charge in [0.2, 0.25) is 5.91 Å². The first-order valence-corrected chi connectivity index (χ1v) is 5.53. The third-order valence-electron chi connectivity index (χ3n) is 2.22. The molecule has 1 unspecified atom stereocenters. The second-order valence-electron chi connectivity index (χ2n) is 3.40. The molecule has 0 saturated carbocycles. The first kappa shape index (κ1) is 14.2. The number of rotatable bonds is 6. The van der Waals surface area contributed by atoms with Gasteiger partial charge in [-0.1, -0.05) is 6.92 Å². The maximum absolute atomic E-state index is 11.5. The standard InChI is InChI=1S/C10H17NO3S/c1-4-8(12)7(3)11-10(14)6(2)9(13)5-15/h6-7,15H,4-5H2,1-3H3,(H,11,14)/t6?,7-/m1/s1. The molecule has 0 aliphatic heterocycles. The predicted octanol–water partition coefficient (Wildman–Crippen LogP) is 0.605. The first-order valence-electron chi connectivity index (χ1n) is 4.90. The summed E-state index contributed by atoms with van der Waals surface area (Å²) in [6, 6.07) is -0.530. The fourth-order valence-electron chi connectivity index (χ4n) is 1.01. The number of ketones is 2. The van der Waals surface area contributed by atoms with Crippen LogP contribution in [0.3, 0.4) is 0 Å². The SMILES string of the molecule is CCC(=O)[C@@H](C)NC(=O)C(C)C(=O)CS. The first-order chi connectivity index (χ1) is 6.93. The van der Waals surface area contributed by atoms with Gasteiger partial charge in [0.1, 0.15) is 0 Å². The van der Waals surface area contributed by atoms with Gasteiger partial charge < -0.3 is 5.32 Å². The second-order valence-corrected chi connectivity index (χ2v) is 3.71. The summed E-state index contributed by atoms with van der Waals surface area (Å²) in [4.78, 5) is 33.8. The van der Waals surface area contributed by atoms with E-state index in [-0.39, 0.29) is 17.3 Å². The van der Waals surface area contributed by atoms with Crippen molar-refractivity contribution in [2.24, 2.45) is 5.92 Å². The molecule has 0 aromatic rings. The Hall–Kier alpha value is -0.840. The van der Waals surface area contributed by atoms with Crippen LogP contribution in [0.15, 0.2) is 0 Å². The maximum Gasteiger partial charge on any atom is 0.230 e. The minimum absolute atomic E-state index is 0.0324. The number of amides is 1. The Labute approximate surface area is 95.2 Å². The largest absolute Gasteiger partial charge is 0.346 e. The van der Waals surface area contributed by atoms with Crippen LogP contribution in [0.25, 0.3) is 0 Å². The lowest BCUT2D eigenvalue weighted by Gasteiger charge is -2.14. The molecule has 1 N–H and O–H groups in total. The smallest absolute Gasteiger partial charge is 0.230 e. The van der Waals surface area contributed by atoms with Gasteiger partial charge in [0.05, 0.1) is 17.7 Å². The average molecular weight is 231 g/mol. The summed E-state index contributed by atoms with van der Waals surface area (Å²) in [6.45, 7) is 4.85. The molecular weight excluding hydrogens is 214 g/mol. The summed E-state index contributed by atoms with van der Waals surface area (Å²) < 4.78 is 0. The van der Waals surface area contributed by atoms with E-state index in [2.05, 4.69) is 17.9 Å². The molecule has 4 nitrogen and oxygen atoms in total. The molecule has 0 spiro atoms. The van der Waals surface area contributed by atoms with E-state index in [4.69, 9.17) is 0 Å². The molecule has 0 rings (SSSR count). The maximum atomic E-state index is 11.5. The van der Waals surface area contributed by atoms with E-state index in [1.807, 2.05) is 0 Å². The van der Waals surface area contributed by atoms with Gasteiger partial charge in [0, 0.05) is 6.42 Å². The quantitative estimate of drug-likeness (QED) is 0.520. The van der Waals surface area contributed by atoms with Crippen molar-refractivity contribution in [3.63, 3.8) is 0 Å². The van der Waals surface area contributed by atoms with Crippen LogP contribution in [0.5, 0.6) is 0 Å². The van der Waals surface area contributed by atoms with E-state index in [1.165, 1.54) is 6.92 Å². The third-order valence-corrected chi connectivity index (χ3v) is 2.53. The van der Waals surface area contributed by atoms with Crippen molar-refractivity contribution in [3.05, 3.63) is 0 Å². The van der Waals surface area contributed by atoms with Crippen molar-refractivity contribution in [2.45, 2.75) is 33.2 Å². The van der Waals surface area contributed by atoms with Crippen LogP contribution in [-0.2, 0) is 14.4 Å². The molecule has 0 heterocycles. The number of hydrogen-bond donors (Lipinski definition) is 2. The monoisotopic (exact) mass is 231 g/mol. The zero-order chi connectivity index (χ0) is 12.0. The molecule has 15 heavy (non-hydrogen) atoms. The van der Waals surface area contributed by atoms with E-state index < -0.39 is 17.9 Å². The number of carbonyl (C=O) groups is 3. The summed E-state index contributed by atoms with van der Waals surface area (Å²) in [5.41, 5.74) is 0. The van der Waals surface area contributed by atoms with Gasteiger partial charge in [-0.2, -0.15) is 12.6 Å². The highest BCUT2D eigenvalue weighted by atomic mass is 32.1. The van der Waals surface area contributed by atoms with Crippen molar-refractivity contribution < 1.29 is 14.4 Å². The molecule has 0 fully saturated rings. The Kier molecular flexibility index (Phi) is 6.24. The molecule has 0 bridgehead atoms. The molecule has 0 radical (unpaired) electrons. The average Bonchev–Trinajstić information content (AvgIpc) is 2.25. The van der Waals surface area contributed by atoms with Gasteiger partial charge >= 0.3 is 0 Å². The van der Waals surface area contributed by atoms with Crippen LogP contribution in [0.1, 0.15) is 27.2 Å². The van der Waals surface area contributed by atoms with Crippen molar-refractivity contribution >= 4 is 30.1 Å². The van der Waals surface area contributed by atoms with Crippen LogP contribution >= 0.6 is 12.6 Å². The van der Waals surface area contributed by atoms with Crippen LogP contribution in [-0.4, -0.2) is 29.3 Å². The van der Waals surface area contributed by atoms with Crippen molar-refractivity contribution in [2.75, 3.05) is 5.75 Å². The molecule has 2 atom stereocenters. The van der Waals surface area contributed by atoms with Crippen molar-refractivity contribution in [3.8, 4) is 0 Å². The third kappa shape index (κ3) is 4.46. The summed E-state index contributed by atoms with van der Waals surface area (Å²) in [7, 11) is 0.